The summed E-state index contributed by atoms with van der Waals surface area (Å²) >= 11 is 0. The maximum atomic E-state index is 12.1. The Morgan fingerprint density at radius 2 is 1.74 bits per heavy atom. The van der Waals surface area contributed by atoms with Gasteiger partial charge in [-0.3, -0.25) is 14.9 Å². The monoisotopic (exact) mass is 312 g/mol. The number of benzene rings is 2. The number of rotatable bonds is 5. The van der Waals surface area contributed by atoms with Crippen molar-refractivity contribution in [3.8, 4) is 0 Å². The second-order valence-electron chi connectivity index (χ2n) is 5.72. The van der Waals surface area contributed by atoms with E-state index in [1.807, 2.05) is 20.8 Å². The van der Waals surface area contributed by atoms with E-state index in [0.29, 0.717) is 12.1 Å². The smallest absolute Gasteiger partial charge is 0.273 e. The van der Waals surface area contributed by atoms with E-state index in [9.17, 15) is 14.9 Å². The van der Waals surface area contributed by atoms with Crippen molar-refractivity contribution in [1.29, 1.82) is 0 Å². The fourth-order valence-corrected chi connectivity index (χ4v) is 2.75. The summed E-state index contributed by atoms with van der Waals surface area (Å²) in [6.45, 7) is 6.50. The van der Waals surface area contributed by atoms with Gasteiger partial charge in [0.05, 0.1) is 11.3 Å². The van der Waals surface area contributed by atoms with Crippen LogP contribution in [0.25, 0.3) is 0 Å². The van der Waals surface area contributed by atoms with Crippen LogP contribution < -0.4 is 5.32 Å². The lowest BCUT2D eigenvalue weighted by Crippen LogP contribution is -2.25. The molecule has 0 aliphatic carbocycles. The third kappa shape index (κ3) is 4.16. The molecular formula is C18H20N2O3. The van der Waals surface area contributed by atoms with Crippen molar-refractivity contribution >= 4 is 11.6 Å². The lowest BCUT2D eigenvalue weighted by atomic mass is 10.00. The summed E-state index contributed by atoms with van der Waals surface area (Å²) in [5.41, 5.74) is 4.95. The third-order valence-electron chi connectivity index (χ3n) is 3.84. The van der Waals surface area contributed by atoms with Crippen LogP contribution in [-0.2, 0) is 17.8 Å². The van der Waals surface area contributed by atoms with E-state index in [4.69, 9.17) is 0 Å². The van der Waals surface area contributed by atoms with Crippen LogP contribution in [0, 0.1) is 30.9 Å². The van der Waals surface area contributed by atoms with Crippen molar-refractivity contribution in [2.45, 2.75) is 33.7 Å². The van der Waals surface area contributed by atoms with E-state index in [-0.39, 0.29) is 18.0 Å². The number of para-hydroxylation sites is 1. The number of nitro groups is 1. The molecule has 0 spiro atoms. The van der Waals surface area contributed by atoms with Gasteiger partial charge in [0.25, 0.3) is 5.69 Å². The van der Waals surface area contributed by atoms with Crippen LogP contribution in [0.15, 0.2) is 36.4 Å². The summed E-state index contributed by atoms with van der Waals surface area (Å²) in [5.74, 6) is -0.223. The zero-order valence-electron chi connectivity index (χ0n) is 13.6. The minimum absolute atomic E-state index is 0.00110. The number of nitrogens with zero attached hydrogens (tertiary/aromatic N) is 1. The number of amides is 1. The average Bonchev–Trinajstić information content (AvgIpc) is 2.46. The van der Waals surface area contributed by atoms with E-state index < -0.39 is 4.92 Å². The van der Waals surface area contributed by atoms with Gasteiger partial charge in [0, 0.05) is 18.2 Å². The molecule has 0 fully saturated rings. The zero-order valence-corrected chi connectivity index (χ0v) is 13.6. The number of nitrogens with one attached hydrogen (secondary N) is 1. The minimum Gasteiger partial charge on any atom is -0.352 e. The first-order valence-corrected chi connectivity index (χ1v) is 7.44. The Hall–Kier alpha value is -2.69. The van der Waals surface area contributed by atoms with Crippen LogP contribution in [0.2, 0.25) is 0 Å². The maximum Gasteiger partial charge on any atom is 0.273 e. The van der Waals surface area contributed by atoms with Gasteiger partial charge in [-0.25, -0.2) is 0 Å². The van der Waals surface area contributed by atoms with Crippen LogP contribution in [-0.4, -0.2) is 10.8 Å². The Kier molecular flexibility index (Phi) is 5.11. The topological polar surface area (TPSA) is 72.2 Å². The standard InChI is InChI=1S/C18H20N2O3/c1-12-8-13(2)16(14(3)9-12)11-19-18(21)10-15-6-4-5-7-17(15)20(22)23/h4-9H,10-11H2,1-3H3,(H,19,21). The summed E-state index contributed by atoms with van der Waals surface area (Å²) in [4.78, 5) is 22.6. The lowest BCUT2D eigenvalue weighted by molar-refractivity contribution is -0.385. The van der Waals surface area contributed by atoms with E-state index in [0.717, 1.165) is 16.7 Å². The molecule has 0 aliphatic heterocycles. The highest BCUT2D eigenvalue weighted by atomic mass is 16.6. The molecule has 0 aromatic heterocycles. The summed E-state index contributed by atoms with van der Waals surface area (Å²) in [6, 6.07) is 10.5. The molecule has 5 nitrogen and oxygen atoms in total. The molecule has 0 heterocycles. The third-order valence-corrected chi connectivity index (χ3v) is 3.84. The number of hydrogen-bond donors (Lipinski definition) is 1. The molecule has 0 aliphatic rings. The minimum atomic E-state index is -0.461. The SMILES string of the molecule is Cc1cc(C)c(CNC(=O)Cc2ccccc2[N+](=O)[O-])c(C)c1. The van der Waals surface area contributed by atoms with E-state index in [1.54, 1.807) is 18.2 Å². The summed E-state index contributed by atoms with van der Waals surface area (Å²) in [5, 5.41) is 13.8. The molecule has 0 unspecified atom stereocenters. The quantitative estimate of drug-likeness (QED) is 0.679. The molecule has 120 valence electrons. The molecule has 5 heteroatoms. The van der Waals surface area contributed by atoms with Gasteiger partial charge in [0.15, 0.2) is 0 Å². The number of hydrogen-bond acceptors (Lipinski definition) is 3. The summed E-state index contributed by atoms with van der Waals surface area (Å²) in [6.07, 6.45) is 0.00110. The van der Waals surface area contributed by atoms with E-state index in [2.05, 4.69) is 17.4 Å². The Morgan fingerprint density at radius 3 is 2.35 bits per heavy atom. The van der Waals surface area contributed by atoms with Crippen LogP contribution in [0.4, 0.5) is 5.69 Å². The van der Waals surface area contributed by atoms with Crippen LogP contribution in [0.1, 0.15) is 27.8 Å². The Balaban J connectivity index is 2.06. The summed E-state index contributed by atoms with van der Waals surface area (Å²) < 4.78 is 0. The van der Waals surface area contributed by atoms with Crippen LogP contribution in [0.5, 0.6) is 0 Å². The molecular weight excluding hydrogens is 292 g/mol. The molecule has 0 saturated carbocycles. The van der Waals surface area contributed by atoms with Crippen molar-refractivity contribution in [2.75, 3.05) is 0 Å². The maximum absolute atomic E-state index is 12.1. The van der Waals surface area contributed by atoms with Gasteiger partial charge in [0.1, 0.15) is 0 Å². The zero-order chi connectivity index (χ0) is 17.0. The first-order valence-electron chi connectivity index (χ1n) is 7.44. The summed E-state index contributed by atoms with van der Waals surface area (Å²) in [7, 11) is 0. The molecule has 0 atom stereocenters. The fourth-order valence-electron chi connectivity index (χ4n) is 2.75. The Bertz CT molecular complexity index is 731. The van der Waals surface area contributed by atoms with Gasteiger partial charge in [-0.1, -0.05) is 35.9 Å². The van der Waals surface area contributed by atoms with Gasteiger partial charge in [0.2, 0.25) is 5.91 Å². The van der Waals surface area contributed by atoms with Gasteiger partial charge in [-0.05, 0) is 37.5 Å². The number of nitro benzene ring substituents is 1. The van der Waals surface area contributed by atoms with E-state index in [1.165, 1.54) is 11.6 Å². The van der Waals surface area contributed by atoms with Crippen molar-refractivity contribution in [3.05, 3.63) is 74.3 Å². The second kappa shape index (κ2) is 7.05. The molecule has 0 saturated heterocycles. The molecule has 0 radical (unpaired) electrons. The van der Waals surface area contributed by atoms with Gasteiger partial charge in [-0.15, -0.1) is 0 Å². The van der Waals surface area contributed by atoms with Crippen molar-refractivity contribution in [3.63, 3.8) is 0 Å². The number of carbonyl (C=O) groups is 1. The molecule has 2 rings (SSSR count). The first kappa shape index (κ1) is 16.7. The highest BCUT2D eigenvalue weighted by molar-refractivity contribution is 5.79. The highest BCUT2D eigenvalue weighted by Crippen LogP contribution is 2.19. The van der Waals surface area contributed by atoms with Gasteiger partial charge in [-0.2, -0.15) is 0 Å². The second-order valence-corrected chi connectivity index (χ2v) is 5.72. The molecule has 0 bridgehead atoms. The fraction of sp³-hybridized carbons (Fsp3) is 0.278. The average molecular weight is 312 g/mol. The van der Waals surface area contributed by atoms with Gasteiger partial charge >= 0.3 is 0 Å². The highest BCUT2D eigenvalue weighted by Gasteiger charge is 2.15. The number of aryl methyl sites for hydroxylation is 3. The molecule has 2 aromatic rings. The van der Waals surface area contributed by atoms with Crippen molar-refractivity contribution in [2.24, 2.45) is 0 Å². The lowest BCUT2D eigenvalue weighted by Gasteiger charge is -2.12. The number of carbonyl (C=O) groups excluding carboxylic acids is 1. The Labute approximate surface area is 135 Å². The van der Waals surface area contributed by atoms with Gasteiger partial charge < -0.3 is 5.32 Å². The van der Waals surface area contributed by atoms with E-state index >= 15 is 0 Å². The molecule has 23 heavy (non-hydrogen) atoms. The van der Waals surface area contributed by atoms with Crippen LogP contribution in [0.3, 0.4) is 0 Å². The molecule has 1 amide bonds. The molecule has 2 aromatic carbocycles. The normalized spacial score (nSPS) is 10.4. The molecule has 1 N–H and O–H groups in total. The van der Waals surface area contributed by atoms with Crippen molar-refractivity contribution in [1.82, 2.24) is 5.32 Å². The predicted molar refractivity (Wildman–Crippen MR) is 89.3 cm³/mol. The van der Waals surface area contributed by atoms with Crippen molar-refractivity contribution < 1.29 is 9.72 Å². The largest absolute Gasteiger partial charge is 0.352 e. The first-order chi connectivity index (χ1) is 10.9. The van der Waals surface area contributed by atoms with Crippen LogP contribution >= 0.6 is 0 Å². The Morgan fingerprint density at radius 1 is 1.13 bits per heavy atom. The predicted octanol–water partition coefficient (Wildman–Crippen LogP) is 3.38.